The number of imidazole rings is 1. The van der Waals surface area contributed by atoms with Gasteiger partial charge in [0.2, 0.25) is 0 Å². The highest BCUT2D eigenvalue weighted by atomic mass is 35.5. The Morgan fingerprint density at radius 3 is 2.52 bits per heavy atom. The molecule has 0 radical (unpaired) electrons. The molecule has 21 heavy (non-hydrogen) atoms. The van der Waals surface area contributed by atoms with Gasteiger partial charge in [-0.15, -0.1) is 10.2 Å². The summed E-state index contributed by atoms with van der Waals surface area (Å²) in [5.41, 5.74) is 3.33. The molecule has 0 aliphatic carbocycles. The lowest BCUT2D eigenvalue weighted by Gasteiger charge is -2.00. The number of hydrogen-bond donors (Lipinski definition) is 0. The molecule has 3 rings (SSSR count). The molecular weight excluding hydrogens is 307 g/mol. The van der Waals surface area contributed by atoms with Gasteiger partial charge in [-0.05, 0) is 49.7 Å². The van der Waals surface area contributed by atoms with Crippen molar-refractivity contribution in [3.63, 3.8) is 0 Å². The van der Waals surface area contributed by atoms with Crippen LogP contribution in [-0.2, 0) is 0 Å². The molecule has 0 N–H and O–H groups in total. The zero-order chi connectivity index (χ0) is 15.0. The zero-order valence-corrected chi connectivity index (χ0v) is 13.0. The summed E-state index contributed by atoms with van der Waals surface area (Å²) < 4.78 is 1.83. The lowest BCUT2D eigenvalue weighted by Crippen LogP contribution is -1.82. The van der Waals surface area contributed by atoms with E-state index in [0.29, 0.717) is 15.9 Å². The summed E-state index contributed by atoms with van der Waals surface area (Å²) in [6, 6.07) is 9.14. The second-order valence-electron chi connectivity index (χ2n) is 4.73. The smallest absolute Gasteiger partial charge is 0.182 e. The van der Waals surface area contributed by atoms with Gasteiger partial charge in [0.25, 0.3) is 0 Å². The Balaban J connectivity index is 2.06. The second kappa shape index (κ2) is 5.47. The zero-order valence-electron chi connectivity index (χ0n) is 11.5. The van der Waals surface area contributed by atoms with Crippen molar-refractivity contribution in [1.82, 2.24) is 9.38 Å². The summed E-state index contributed by atoms with van der Waals surface area (Å²) in [7, 11) is 0. The van der Waals surface area contributed by atoms with Gasteiger partial charge < -0.3 is 0 Å². The van der Waals surface area contributed by atoms with E-state index in [2.05, 4.69) is 15.2 Å². The lowest BCUT2D eigenvalue weighted by molar-refractivity contribution is 1.09. The normalized spacial score (nSPS) is 11.6. The maximum Gasteiger partial charge on any atom is 0.182 e. The maximum absolute atomic E-state index is 6.02. The minimum atomic E-state index is 0.624. The Bertz CT molecular complexity index is 852. The number of benzene rings is 1. The Morgan fingerprint density at radius 1 is 1.00 bits per heavy atom. The first-order valence-electron chi connectivity index (χ1n) is 6.37. The van der Waals surface area contributed by atoms with Gasteiger partial charge in [-0.1, -0.05) is 23.2 Å². The van der Waals surface area contributed by atoms with Gasteiger partial charge in [0.05, 0.1) is 16.4 Å². The van der Waals surface area contributed by atoms with Crippen LogP contribution < -0.4 is 0 Å². The highest BCUT2D eigenvalue weighted by Gasteiger charge is 2.08. The molecule has 0 amide bonds. The molecule has 6 heteroatoms. The highest BCUT2D eigenvalue weighted by molar-refractivity contribution is 6.30. The minimum Gasteiger partial charge on any atom is -0.281 e. The van der Waals surface area contributed by atoms with Crippen LogP contribution in [0.5, 0.6) is 0 Å². The van der Waals surface area contributed by atoms with Crippen molar-refractivity contribution in [2.24, 2.45) is 10.2 Å². The van der Waals surface area contributed by atoms with Crippen LogP contribution >= 0.6 is 23.2 Å². The van der Waals surface area contributed by atoms with Crippen LogP contribution in [-0.4, -0.2) is 9.38 Å². The van der Waals surface area contributed by atoms with Crippen LogP contribution in [0.15, 0.2) is 46.8 Å². The Labute approximate surface area is 132 Å². The van der Waals surface area contributed by atoms with Crippen LogP contribution in [0.2, 0.25) is 10.0 Å². The number of halogens is 2. The number of fused-ring (bicyclic) bond motifs is 1. The van der Waals surface area contributed by atoms with Crippen molar-refractivity contribution in [2.45, 2.75) is 13.8 Å². The number of aromatic nitrogens is 2. The number of hydrogen-bond acceptors (Lipinski definition) is 3. The molecule has 0 unspecified atom stereocenters. The van der Waals surface area contributed by atoms with Gasteiger partial charge >= 0.3 is 0 Å². The molecule has 0 atom stereocenters. The van der Waals surface area contributed by atoms with Crippen LogP contribution in [0, 0.1) is 13.8 Å². The van der Waals surface area contributed by atoms with Gasteiger partial charge in [0, 0.05) is 11.2 Å². The second-order valence-corrected chi connectivity index (χ2v) is 5.60. The van der Waals surface area contributed by atoms with Crippen molar-refractivity contribution in [3.8, 4) is 0 Å². The lowest BCUT2D eigenvalue weighted by atomic mass is 10.2. The van der Waals surface area contributed by atoms with E-state index >= 15 is 0 Å². The van der Waals surface area contributed by atoms with Crippen molar-refractivity contribution < 1.29 is 0 Å². The molecular formula is C15H12Cl2N4. The maximum atomic E-state index is 6.02. The standard InChI is InChI=1S/C15H12Cl2N4/c1-9-7-11(16)3-5-13(9)19-20-15-10(2)18-14-6-4-12(17)8-21(14)15/h3-8H,1-2H3. The molecule has 0 spiro atoms. The molecule has 2 aromatic heterocycles. The first kappa shape index (κ1) is 14.0. The van der Waals surface area contributed by atoms with Gasteiger partial charge in [-0.3, -0.25) is 4.40 Å². The summed E-state index contributed by atoms with van der Waals surface area (Å²) in [5, 5.41) is 9.92. The minimum absolute atomic E-state index is 0.624. The number of nitrogens with zero attached hydrogens (tertiary/aromatic N) is 4. The van der Waals surface area contributed by atoms with E-state index in [-0.39, 0.29) is 0 Å². The Hall–Kier alpha value is -1.91. The molecule has 0 aliphatic heterocycles. The highest BCUT2D eigenvalue weighted by Crippen LogP contribution is 2.27. The number of pyridine rings is 1. The fourth-order valence-electron chi connectivity index (χ4n) is 2.08. The van der Waals surface area contributed by atoms with E-state index in [9.17, 15) is 0 Å². The number of azo groups is 1. The largest absolute Gasteiger partial charge is 0.281 e. The van der Waals surface area contributed by atoms with E-state index in [1.807, 2.05) is 36.4 Å². The predicted molar refractivity (Wildman–Crippen MR) is 85.3 cm³/mol. The Kier molecular flexibility index (Phi) is 3.66. The van der Waals surface area contributed by atoms with E-state index in [0.717, 1.165) is 22.6 Å². The summed E-state index contributed by atoms with van der Waals surface area (Å²) in [5.74, 6) is 0.668. The third-order valence-corrected chi connectivity index (χ3v) is 3.59. The predicted octanol–water partition coefficient (Wildman–Crippen LogP) is 5.67. The van der Waals surface area contributed by atoms with E-state index < -0.39 is 0 Å². The first-order chi connectivity index (χ1) is 10.0. The third kappa shape index (κ3) is 2.77. The van der Waals surface area contributed by atoms with Crippen LogP contribution in [0.1, 0.15) is 11.3 Å². The van der Waals surface area contributed by atoms with Gasteiger partial charge in [-0.25, -0.2) is 4.98 Å². The molecule has 2 heterocycles. The molecule has 3 aromatic rings. The van der Waals surface area contributed by atoms with Gasteiger partial charge in [-0.2, -0.15) is 0 Å². The van der Waals surface area contributed by atoms with Gasteiger partial charge in [0.1, 0.15) is 5.65 Å². The monoisotopic (exact) mass is 318 g/mol. The molecule has 0 bridgehead atoms. The summed E-state index contributed by atoms with van der Waals surface area (Å²) >= 11 is 12.0. The fraction of sp³-hybridized carbons (Fsp3) is 0.133. The molecule has 4 nitrogen and oxygen atoms in total. The quantitative estimate of drug-likeness (QED) is 0.561. The third-order valence-electron chi connectivity index (χ3n) is 3.14. The van der Waals surface area contributed by atoms with Crippen LogP contribution in [0.25, 0.3) is 5.65 Å². The SMILES string of the molecule is Cc1cc(Cl)ccc1N=Nc1c(C)nc2ccc(Cl)cn12. The van der Waals surface area contributed by atoms with Crippen LogP contribution in [0.3, 0.4) is 0 Å². The van der Waals surface area contributed by atoms with E-state index in [1.165, 1.54) is 0 Å². The number of rotatable bonds is 2. The summed E-state index contributed by atoms with van der Waals surface area (Å²) in [6.07, 6.45) is 1.78. The van der Waals surface area contributed by atoms with Gasteiger partial charge in [0.15, 0.2) is 5.82 Å². The average Bonchev–Trinajstić information content (AvgIpc) is 2.73. The molecule has 106 valence electrons. The Morgan fingerprint density at radius 2 is 1.76 bits per heavy atom. The molecule has 0 saturated carbocycles. The van der Waals surface area contributed by atoms with Crippen molar-refractivity contribution in [3.05, 3.63) is 57.8 Å². The fourth-order valence-corrected chi connectivity index (χ4v) is 2.46. The summed E-state index contributed by atoms with van der Waals surface area (Å²) in [4.78, 5) is 4.43. The average molecular weight is 319 g/mol. The van der Waals surface area contributed by atoms with Crippen LogP contribution in [0.4, 0.5) is 11.5 Å². The summed E-state index contributed by atoms with van der Waals surface area (Å²) in [6.45, 7) is 3.84. The molecule has 0 saturated heterocycles. The van der Waals surface area contributed by atoms with E-state index in [4.69, 9.17) is 23.2 Å². The van der Waals surface area contributed by atoms with Crippen molar-refractivity contribution >= 4 is 40.4 Å². The topological polar surface area (TPSA) is 42.0 Å². The molecule has 1 aromatic carbocycles. The first-order valence-corrected chi connectivity index (χ1v) is 7.12. The van der Waals surface area contributed by atoms with Crippen molar-refractivity contribution in [1.29, 1.82) is 0 Å². The molecule has 0 fully saturated rings. The van der Waals surface area contributed by atoms with E-state index in [1.54, 1.807) is 18.3 Å². The molecule has 0 aliphatic rings. The van der Waals surface area contributed by atoms with Crippen molar-refractivity contribution in [2.75, 3.05) is 0 Å². The number of aryl methyl sites for hydroxylation is 2.